The van der Waals surface area contributed by atoms with Gasteiger partial charge in [0, 0.05) is 11.1 Å². The smallest absolute Gasteiger partial charge is 0.136 e. The second-order valence-electron chi connectivity index (χ2n) is 3.80. The number of aromatic nitrogens is 2. The Hall–Kier alpha value is -1.48. The molecule has 0 amide bonds. The molecule has 0 aliphatic heterocycles. The van der Waals surface area contributed by atoms with E-state index < -0.39 is 0 Å². The van der Waals surface area contributed by atoms with Crippen molar-refractivity contribution in [2.24, 2.45) is 0 Å². The topological polar surface area (TPSA) is 25.8 Å². The fraction of sp³-hybridized carbons (Fsp3) is 0.231. The quantitative estimate of drug-likeness (QED) is 0.758. The van der Waals surface area contributed by atoms with Gasteiger partial charge in [0.25, 0.3) is 0 Å². The molecular weight excluding hydrogens is 239 g/mol. The fourth-order valence-corrected chi connectivity index (χ4v) is 2.10. The maximum Gasteiger partial charge on any atom is 0.136 e. The van der Waals surface area contributed by atoms with Crippen LogP contribution in [0.1, 0.15) is 18.1 Å². The molecule has 0 spiro atoms. The second kappa shape index (κ2) is 4.80. The summed E-state index contributed by atoms with van der Waals surface area (Å²) in [5, 5.41) is 0.459. The Labute approximate surface area is 104 Å². The van der Waals surface area contributed by atoms with E-state index in [9.17, 15) is 4.39 Å². The average molecular weight is 251 g/mol. The van der Waals surface area contributed by atoms with Gasteiger partial charge in [-0.05, 0) is 37.1 Å². The molecule has 2 nitrogen and oxygen atoms in total. The first-order valence-corrected chi connectivity index (χ1v) is 5.77. The van der Waals surface area contributed by atoms with Gasteiger partial charge in [-0.15, -0.1) is 0 Å². The van der Waals surface area contributed by atoms with Gasteiger partial charge >= 0.3 is 0 Å². The first kappa shape index (κ1) is 12.0. The molecule has 0 N–H and O–H groups in total. The van der Waals surface area contributed by atoms with Gasteiger partial charge in [0.15, 0.2) is 0 Å². The highest BCUT2D eigenvalue weighted by molar-refractivity contribution is 6.30. The van der Waals surface area contributed by atoms with Crippen LogP contribution in [0.25, 0.3) is 11.3 Å². The number of nitrogens with zero attached hydrogens (tertiary/aromatic N) is 2. The molecule has 0 aliphatic rings. The van der Waals surface area contributed by atoms with Gasteiger partial charge in [0.2, 0.25) is 0 Å². The monoisotopic (exact) mass is 250 g/mol. The van der Waals surface area contributed by atoms with Crippen LogP contribution in [0, 0.1) is 12.7 Å². The summed E-state index contributed by atoms with van der Waals surface area (Å²) in [6.45, 7) is 3.85. The molecule has 0 atom stereocenters. The van der Waals surface area contributed by atoms with Gasteiger partial charge in [-0.2, -0.15) is 0 Å². The van der Waals surface area contributed by atoms with E-state index in [1.165, 1.54) is 18.5 Å². The van der Waals surface area contributed by atoms with E-state index in [-0.39, 0.29) is 5.82 Å². The average Bonchev–Trinajstić information content (AvgIpc) is 2.29. The number of hydrogen-bond acceptors (Lipinski definition) is 2. The lowest BCUT2D eigenvalue weighted by atomic mass is 10.0. The number of benzene rings is 1. The van der Waals surface area contributed by atoms with Crippen LogP contribution in [0.5, 0.6) is 0 Å². The van der Waals surface area contributed by atoms with Crippen LogP contribution >= 0.6 is 11.6 Å². The lowest BCUT2D eigenvalue weighted by molar-refractivity contribution is 0.627. The van der Waals surface area contributed by atoms with E-state index in [1.807, 2.05) is 13.8 Å². The van der Waals surface area contributed by atoms with E-state index >= 15 is 0 Å². The summed E-state index contributed by atoms with van der Waals surface area (Å²) in [5.74, 6) is -0.246. The normalized spacial score (nSPS) is 10.6. The molecule has 4 heteroatoms. The van der Waals surface area contributed by atoms with E-state index in [0.29, 0.717) is 5.15 Å². The summed E-state index contributed by atoms with van der Waals surface area (Å²) in [6, 6.07) is 4.64. The molecule has 88 valence electrons. The van der Waals surface area contributed by atoms with Crippen LogP contribution in [-0.4, -0.2) is 9.97 Å². The van der Waals surface area contributed by atoms with Crippen molar-refractivity contribution in [3.8, 4) is 11.3 Å². The largest absolute Gasteiger partial charge is 0.236 e. The molecule has 0 unspecified atom stereocenters. The van der Waals surface area contributed by atoms with Gasteiger partial charge in [-0.1, -0.05) is 18.5 Å². The highest BCUT2D eigenvalue weighted by Crippen LogP contribution is 2.28. The summed E-state index contributed by atoms with van der Waals surface area (Å²) in [7, 11) is 0. The summed E-state index contributed by atoms with van der Waals surface area (Å²) < 4.78 is 13.1. The summed E-state index contributed by atoms with van der Waals surface area (Å²) in [4.78, 5) is 8.22. The number of halogens is 2. The maximum absolute atomic E-state index is 13.1. The van der Waals surface area contributed by atoms with Gasteiger partial charge in [-0.3, -0.25) is 0 Å². The molecule has 0 aliphatic carbocycles. The van der Waals surface area contributed by atoms with Crippen molar-refractivity contribution >= 4 is 11.6 Å². The molecule has 0 saturated carbocycles. The fourth-order valence-electron chi connectivity index (χ4n) is 1.83. The van der Waals surface area contributed by atoms with Crippen LogP contribution < -0.4 is 0 Å². The first-order chi connectivity index (χ1) is 8.13. The number of aryl methyl sites for hydroxylation is 1. The molecule has 2 aromatic rings. The standard InChI is InChI=1S/C13H12ClFN2/c1-3-10-12(16-7-17-13(10)14)11-5-4-9(15)6-8(11)2/h4-7H,3H2,1-2H3. The lowest BCUT2D eigenvalue weighted by Gasteiger charge is -2.10. The summed E-state index contributed by atoms with van der Waals surface area (Å²) in [5.41, 5.74) is 3.41. The molecule has 0 radical (unpaired) electrons. The van der Waals surface area contributed by atoms with E-state index in [0.717, 1.165) is 28.8 Å². The second-order valence-corrected chi connectivity index (χ2v) is 4.16. The number of rotatable bonds is 2. The third-order valence-electron chi connectivity index (χ3n) is 2.69. The van der Waals surface area contributed by atoms with Crippen LogP contribution in [0.15, 0.2) is 24.5 Å². The van der Waals surface area contributed by atoms with Crippen LogP contribution in [0.3, 0.4) is 0 Å². The molecule has 1 aromatic carbocycles. The van der Waals surface area contributed by atoms with E-state index in [1.54, 1.807) is 6.07 Å². The lowest BCUT2D eigenvalue weighted by Crippen LogP contribution is -1.97. The Balaban J connectivity index is 2.64. The van der Waals surface area contributed by atoms with Crippen LogP contribution in [-0.2, 0) is 6.42 Å². The Morgan fingerprint density at radius 1 is 1.29 bits per heavy atom. The van der Waals surface area contributed by atoms with Crippen molar-refractivity contribution in [3.05, 3.63) is 46.6 Å². The van der Waals surface area contributed by atoms with Crippen molar-refractivity contribution in [3.63, 3.8) is 0 Å². The molecule has 1 aromatic heterocycles. The maximum atomic E-state index is 13.1. The Morgan fingerprint density at radius 2 is 2.06 bits per heavy atom. The zero-order chi connectivity index (χ0) is 12.4. The molecule has 17 heavy (non-hydrogen) atoms. The van der Waals surface area contributed by atoms with Gasteiger partial charge in [0.1, 0.15) is 17.3 Å². The molecule has 1 heterocycles. The molecule has 0 saturated heterocycles. The minimum absolute atomic E-state index is 0.246. The van der Waals surface area contributed by atoms with Crippen molar-refractivity contribution < 1.29 is 4.39 Å². The molecule has 0 fully saturated rings. The third-order valence-corrected chi connectivity index (χ3v) is 3.02. The van der Waals surface area contributed by atoms with Crippen LogP contribution in [0.4, 0.5) is 4.39 Å². The Morgan fingerprint density at radius 3 is 2.71 bits per heavy atom. The van der Waals surface area contributed by atoms with Crippen molar-refractivity contribution in [1.82, 2.24) is 9.97 Å². The van der Waals surface area contributed by atoms with Gasteiger partial charge in [-0.25, -0.2) is 14.4 Å². The minimum Gasteiger partial charge on any atom is -0.236 e. The van der Waals surface area contributed by atoms with Crippen LogP contribution in [0.2, 0.25) is 5.15 Å². The zero-order valence-corrected chi connectivity index (χ0v) is 10.4. The predicted octanol–water partition coefficient (Wildman–Crippen LogP) is 3.81. The van der Waals surface area contributed by atoms with Crippen molar-refractivity contribution in [2.75, 3.05) is 0 Å². The zero-order valence-electron chi connectivity index (χ0n) is 9.67. The van der Waals surface area contributed by atoms with Crippen molar-refractivity contribution in [1.29, 1.82) is 0 Å². The molecule has 2 rings (SSSR count). The number of hydrogen-bond donors (Lipinski definition) is 0. The Kier molecular flexibility index (Phi) is 3.38. The minimum atomic E-state index is -0.246. The SMILES string of the molecule is CCc1c(Cl)ncnc1-c1ccc(F)cc1C. The summed E-state index contributed by atoms with van der Waals surface area (Å²) in [6.07, 6.45) is 2.17. The Bertz CT molecular complexity index is 555. The van der Waals surface area contributed by atoms with E-state index in [2.05, 4.69) is 9.97 Å². The van der Waals surface area contributed by atoms with Gasteiger partial charge < -0.3 is 0 Å². The highest BCUT2D eigenvalue weighted by atomic mass is 35.5. The predicted molar refractivity (Wildman–Crippen MR) is 66.6 cm³/mol. The third kappa shape index (κ3) is 2.29. The molecule has 0 bridgehead atoms. The highest BCUT2D eigenvalue weighted by Gasteiger charge is 2.12. The first-order valence-electron chi connectivity index (χ1n) is 5.39. The van der Waals surface area contributed by atoms with Crippen molar-refractivity contribution in [2.45, 2.75) is 20.3 Å². The molecular formula is C13H12ClFN2. The summed E-state index contributed by atoms with van der Waals surface area (Å²) >= 11 is 6.04. The van der Waals surface area contributed by atoms with Gasteiger partial charge in [0.05, 0.1) is 5.69 Å². The van der Waals surface area contributed by atoms with E-state index in [4.69, 9.17) is 11.6 Å².